The van der Waals surface area contributed by atoms with Crippen LogP contribution in [0.1, 0.15) is 62.6 Å². The van der Waals surface area contributed by atoms with Crippen LogP contribution in [0.15, 0.2) is 43.1 Å². The van der Waals surface area contributed by atoms with E-state index < -0.39 is 53.8 Å². The Balaban J connectivity index is 0.000000366. The Morgan fingerprint density at radius 2 is 1.43 bits per heavy atom. The summed E-state index contributed by atoms with van der Waals surface area (Å²) in [6.07, 6.45) is -6.08. The average Bonchev–Trinajstić information content (AvgIpc) is 3.86. The van der Waals surface area contributed by atoms with Gasteiger partial charge in [-0.15, -0.1) is 0 Å². The molecule has 3 fully saturated rings. The number of aliphatic carboxylic acids is 3. The van der Waals surface area contributed by atoms with Crippen molar-refractivity contribution in [3.63, 3.8) is 0 Å². The molecule has 4 aromatic rings. The van der Waals surface area contributed by atoms with Crippen LogP contribution in [0.4, 0.5) is 52.7 Å². The summed E-state index contributed by atoms with van der Waals surface area (Å²) in [5.74, 6) is -8.23. The van der Waals surface area contributed by atoms with Gasteiger partial charge in [-0.3, -0.25) is 9.58 Å². The van der Waals surface area contributed by atoms with E-state index in [9.17, 15) is 57.9 Å². The maximum Gasteiger partial charge on any atom is 0.490 e. The molecule has 0 aromatic carbocycles. The second kappa shape index (κ2) is 20.7. The highest BCUT2D eigenvalue weighted by Gasteiger charge is 2.48. The first-order chi connectivity index (χ1) is 30.1. The zero-order valence-corrected chi connectivity index (χ0v) is 33.2. The normalized spacial score (nSPS) is 18.8. The second-order valence-corrected chi connectivity index (χ2v) is 14.8. The third-order valence-electron chi connectivity index (χ3n) is 10.1. The van der Waals surface area contributed by atoms with Crippen molar-refractivity contribution in [2.45, 2.75) is 106 Å². The van der Waals surface area contributed by atoms with Crippen LogP contribution < -0.4 is 10.1 Å². The van der Waals surface area contributed by atoms with Gasteiger partial charge in [0.15, 0.2) is 0 Å². The van der Waals surface area contributed by atoms with E-state index in [0.29, 0.717) is 43.7 Å². The number of carboxylic acids is 3. The zero-order chi connectivity index (χ0) is 48.5. The first-order valence-corrected chi connectivity index (χ1v) is 19.0. The monoisotopic (exact) mass is 947 g/mol. The maximum atomic E-state index is 13.6. The molecule has 28 heteroatoms. The van der Waals surface area contributed by atoms with Gasteiger partial charge in [0.25, 0.3) is 0 Å². The number of carboxylic acid groups (broad SMARTS) is 3. The minimum atomic E-state index is -5.08. The standard InChI is InChI=1S/C31H34F3N9O.3C2HF3O2/c32-31(33,34)26-12-20(14-37-22-2-1-3-22)13-27(41-26)44-24-6-4-23(5-7-24)42-17-30(18-42,9-10-35)43-16-21(15-40-43)28-25-8-11-36-29(25)39-19-38-28;3*3-2(4,5)1(6)7/h8,11-13,15-16,19,22-24,37H,1-7,9,14,17-18H2,(H,36,38,39);3*(H,6,7)/t23-,24+;;;. The highest BCUT2D eigenvalue weighted by atomic mass is 19.4. The molecule has 1 aliphatic heterocycles. The number of halogens is 12. The van der Waals surface area contributed by atoms with Crippen LogP contribution in [0.3, 0.4) is 0 Å². The number of aromatic amines is 1. The largest absolute Gasteiger partial charge is 0.490 e. The lowest BCUT2D eigenvalue weighted by atomic mass is 9.82. The van der Waals surface area contributed by atoms with Gasteiger partial charge in [0, 0.05) is 61.1 Å². The molecular formula is C37H37F12N9O7. The number of carbonyl (C=O) groups is 3. The number of nitrogens with zero attached hydrogens (tertiary/aromatic N) is 7. The van der Waals surface area contributed by atoms with Crippen LogP contribution in [-0.4, -0.2) is 118 Å². The number of likely N-dealkylation sites (tertiary alicyclic amines) is 1. The van der Waals surface area contributed by atoms with Crippen LogP contribution in [0.2, 0.25) is 0 Å². The Bertz CT molecular complexity index is 2230. The molecule has 4 aromatic heterocycles. The number of ether oxygens (including phenoxy) is 1. The lowest BCUT2D eigenvalue weighted by Gasteiger charge is -2.53. The number of fused-ring (bicyclic) bond motifs is 1. The van der Waals surface area contributed by atoms with Crippen LogP contribution in [0.5, 0.6) is 5.88 Å². The molecule has 5 N–H and O–H groups in total. The first kappa shape index (κ1) is 51.4. The molecule has 356 valence electrons. The van der Waals surface area contributed by atoms with Crippen LogP contribution in [-0.2, 0) is 32.6 Å². The number of pyridine rings is 1. The average molecular weight is 948 g/mol. The van der Waals surface area contributed by atoms with Crippen molar-refractivity contribution < 1.29 is 87.1 Å². The van der Waals surface area contributed by atoms with Gasteiger partial charge < -0.3 is 30.4 Å². The van der Waals surface area contributed by atoms with E-state index in [1.54, 1.807) is 12.3 Å². The van der Waals surface area contributed by atoms with E-state index in [1.807, 2.05) is 23.1 Å². The fourth-order valence-corrected chi connectivity index (χ4v) is 6.70. The Labute approximate surface area is 358 Å². The Hall–Kier alpha value is -6.24. The summed E-state index contributed by atoms with van der Waals surface area (Å²) in [5.41, 5.74) is 1.63. The summed E-state index contributed by atoms with van der Waals surface area (Å²) >= 11 is 0. The number of alkyl halides is 12. The van der Waals surface area contributed by atoms with Crippen LogP contribution in [0.25, 0.3) is 22.3 Å². The lowest BCUT2D eigenvalue weighted by molar-refractivity contribution is -0.193. The number of nitrogens with one attached hydrogen (secondary N) is 2. The minimum absolute atomic E-state index is 0.0424. The molecule has 7 rings (SSSR count). The van der Waals surface area contributed by atoms with Crippen molar-refractivity contribution in [2.75, 3.05) is 13.1 Å². The number of aromatic nitrogens is 6. The third kappa shape index (κ3) is 14.4. The molecule has 2 aliphatic carbocycles. The summed E-state index contributed by atoms with van der Waals surface area (Å²) in [6, 6.07) is 7.73. The number of H-pyrrole nitrogens is 1. The molecule has 16 nitrogen and oxygen atoms in total. The van der Waals surface area contributed by atoms with E-state index in [-0.39, 0.29) is 12.0 Å². The summed E-state index contributed by atoms with van der Waals surface area (Å²) in [4.78, 5) is 44.7. The summed E-state index contributed by atoms with van der Waals surface area (Å²) < 4.78 is 144. The van der Waals surface area contributed by atoms with Crippen molar-refractivity contribution in [3.05, 3.63) is 54.4 Å². The molecular weight excluding hydrogens is 910 g/mol. The van der Waals surface area contributed by atoms with Crippen molar-refractivity contribution >= 4 is 28.9 Å². The second-order valence-electron chi connectivity index (χ2n) is 14.8. The molecule has 65 heavy (non-hydrogen) atoms. The van der Waals surface area contributed by atoms with Gasteiger partial charge in [-0.1, -0.05) is 6.42 Å². The van der Waals surface area contributed by atoms with Gasteiger partial charge in [-0.05, 0) is 56.2 Å². The van der Waals surface area contributed by atoms with E-state index >= 15 is 0 Å². The van der Waals surface area contributed by atoms with Gasteiger partial charge in [0.05, 0.1) is 24.4 Å². The molecule has 5 heterocycles. The van der Waals surface area contributed by atoms with E-state index in [0.717, 1.165) is 73.3 Å². The Morgan fingerprint density at radius 3 is 1.92 bits per heavy atom. The van der Waals surface area contributed by atoms with E-state index in [1.165, 1.54) is 6.33 Å². The molecule has 0 bridgehead atoms. The molecule has 0 unspecified atom stereocenters. The predicted molar refractivity (Wildman–Crippen MR) is 196 cm³/mol. The number of nitriles is 1. The van der Waals surface area contributed by atoms with Gasteiger partial charge in [-0.25, -0.2) is 29.3 Å². The fraction of sp³-hybridized carbons (Fsp3) is 0.514. The van der Waals surface area contributed by atoms with Gasteiger partial charge >= 0.3 is 42.6 Å². The summed E-state index contributed by atoms with van der Waals surface area (Å²) in [7, 11) is 0. The van der Waals surface area contributed by atoms with Crippen molar-refractivity contribution in [3.8, 4) is 23.2 Å². The molecule has 0 amide bonds. The molecule has 3 aliphatic rings. The number of hydrogen-bond donors (Lipinski definition) is 5. The van der Waals surface area contributed by atoms with E-state index in [2.05, 4.69) is 41.3 Å². The molecule has 0 radical (unpaired) electrons. The van der Waals surface area contributed by atoms with Gasteiger partial charge in [-0.2, -0.15) is 63.0 Å². The summed E-state index contributed by atoms with van der Waals surface area (Å²) in [5, 5.41) is 39.9. The summed E-state index contributed by atoms with van der Waals surface area (Å²) in [6.45, 7) is 1.77. The third-order valence-corrected chi connectivity index (χ3v) is 10.1. The lowest BCUT2D eigenvalue weighted by Crippen LogP contribution is -2.65. The first-order valence-electron chi connectivity index (χ1n) is 19.0. The molecule has 0 spiro atoms. The van der Waals surface area contributed by atoms with Crippen molar-refractivity contribution in [1.82, 2.24) is 39.9 Å². The predicted octanol–water partition coefficient (Wildman–Crippen LogP) is 7.09. The van der Waals surface area contributed by atoms with Gasteiger partial charge in [0.1, 0.15) is 29.3 Å². The smallest absolute Gasteiger partial charge is 0.475 e. The fourth-order valence-electron chi connectivity index (χ4n) is 6.70. The molecule has 1 saturated heterocycles. The highest BCUT2D eigenvalue weighted by molar-refractivity contribution is 5.90. The Kier molecular flexibility index (Phi) is 16.4. The topological polar surface area (TPSA) is 232 Å². The zero-order valence-electron chi connectivity index (χ0n) is 33.2. The van der Waals surface area contributed by atoms with E-state index in [4.69, 9.17) is 34.4 Å². The maximum absolute atomic E-state index is 13.6. The molecule has 2 saturated carbocycles. The van der Waals surface area contributed by atoms with Crippen molar-refractivity contribution in [2.24, 2.45) is 0 Å². The number of hydrogen-bond acceptors (Lipinski definition) is 11. The number of rotatable bonds is 9. The van der Waals surface area contributed by atoms with Gasteiger partial charge in [0.2, 0.25) is 5.88 Å². The minimum Gasteiger partial charge on any atom is -0.475 e. The van der Waals surface area contributed by atoms with Crippen LogP contribution >= 0.6 is 0 Å². The SMILES string of the molecule is N#CCC1(n2cc(-c3ncnc4[nH]ccc34)cn2)CN([C@H]2CC[C@@H](Oc3cc(CNC4CCC4)cc(C(F)(F)F)n3)CC2)C1.O=C(O)C(F)(F)F.O=C(O)C(F)(F)F.O=C(O)C(F)(F)F. The quantitative estimate of drug-likeness (QED) is 0.106. The van der Waals surface area contributed by atoms with Crippen molar-refractivity contribution in [1.29, 1.82) is 5.26 Å². The molecule has 0 atom stereocenters. The highest BCUT2D eigenvalue weighted by Crippen LogP contribution is 2.39. The van der Waals surface area contributed by atoms with Crippen LogP contribution in [0, 0.1) is 11.3 Å². The Morgan fingerprint density at radius 1 is 0.862 bits per heavy atom.